The summed E-state index contributed by atoms with van der Waals surface area (Å²) < 4.78 is 68.6. The van der Waals surface area contributed by atoms with Crippen molar-refractivity contribution >= 4 is 39.5 Å². The zero-order valence-electron chi connectivity index (χ0n) is 66.3. The highest BCUT2D eigenvalue weighted by atomic mass is 31.2. The molecule has 0 aliphatic rings. The van der Waals surface area contributed by atoms with Crippen molar-refractivity contribution in [3.63, 3.8) is 0 Å². The molecule has 0 rings (SSSR count). The molecule has 606 valence electrons. The van der Waals surface area contributed by atoms with Gasteiger partial charge in [-0.1, -0.05) is 308 Å². The number of aliphatic hydroxyl groups is 1. The fraction of sp³-hybridized carbons (Fsp3) is 0.678. The van der Waals surface area contributed by atoms with Crippen molar-refractivity contribution in [1.29, 1.82) is 0 Å². The number of unbranched alkanes of at least 4 members (excludes halogenated alkanes) is 26. The summed E-state index contributed by atoms with van der Waals surface area (Å²) in [6.45, 7) is 4.52. The van der Waals surface area contributed by atoms with Gasteiger partial charge in [-0.05, 0) is 135 Å². The van der Waals surface area contributed by atoms with Crippen LogP contribution in [0.2, 0.25) is 0 Å². The van der Waals surface area contributed by atoms with Gasteiger partial charge in [0.1, 0.15) is 19.3 Å². The molecule has 0 heterocycles. The highest BCUT2D eigenvalue weighted by Crippen LogP contribution is 2.45. The number of aliphatic hydroxyl groups excluding tert-OH is 1. The second-order valence-electron chi connectivity index (χ2n) is 27.0. The predicted octanol–water partition coefficient (Wildman–Crippen LogP) is 24.2. The van der Waals surface area contributed by atoms with E-state index in [2.05, 4.69) is 155 Å². The Bertz CT molecular complexity index is 2580. The maximum Gasteiger partial charge on any atom is 0.472 e. The molecule has 0 radical (unpaired) electrons. The van der Waals surface area contributed by atoms with Gasteiger partial charge in [0.25, 0.3) is 0 Å². The maximum atomic E-state index is 13.1. The van der Waals surface area contributed by atoms with Crippen molar-refractivity contribution in [3.05, 3.63) is 146 Å². The molecule has 106 heavy (non-hydrogen) atoms. The Hall–Kier alpha value is -5.06. The van der Waals surface area contributed by atoms with Crippen LogP contribution >= 0.6 is 15.6 Å². The van der Waals surface area contributed by atoms with Gasteiger partial charge < -0.3 is 33.8 Å². The van der Waals surface area contributed by atoms with Gasteiger partial charge in [0.05, 0.1) is 26.4 Å². The molecular formula is C87H146O17P2. The van der Waals surface area contributed by atoms with E-state index in [0.29, 0.717) is 32.1 Å². The Morgan fingerprint density at radius 2 is 0.509 bits per heavy atom. The van der Waals surface area contributed by atoms with Gasteiger partial charge in [-0.2, -0.15) is 0 Å². The average Bonchev–Trinajstić information content (AvgIpc) is 0.903. The summed E-state index contributed by atoms with van der Waals surface area (Å²) in [6.07, 6.45) is 89.7. The zero-order chi connectivity index (χ0) is 77.4. The highest BCUT2D eigenvalue weighted by Gasteiger charge is 2.30. The Morgan fingerprint density at radius 3 is 0.830 bits per heavy atom. The van der Waals surface area contributed by atoms with E-state index in [-0.39, 0.29) is 25.7 Å². The number of ether oxygens (including phenoxy) is 4. The van der Waals surface area contributed by atoms with E-state index in [1.54, 1.807) is 0 Å². The summed E-state index contributed by atoms with van der Waals surface area (Å²) >= 11 is 0. The van der Waals surface area contributed by atoms with E-state index in [4.69, 9.17) is 37.0 Å². The molecule has 17 nitrogen and oxygen atoms in total. The van der Waals surface area contributed by atoms with Crippen molar-refractivity contribution < 1.29 is 80.2 Å². The number of hydrogen-bond donors (Lipinski definition) is 3. The number of phosphoric ester groups is 2. The number of rotatable bonds is 76. The number of esters is 4. The number of hydrogen-bond acceptors (Lipinski definition) is 15. The van der Waals surface area contributed by atoms with Gasteiger partial charge in [0.15, 0.2) is 12.2 Å². The minimum Gasteiger partial charge on any atom is -0.462 e. The first-order chi connectivity index (χ1) is 51.7. The predicted molar refractivity (Wildman–Crippen MR) is 436 cm³/mol. The smallest absolute Gasteiger partial charge is 0.462 e. The number of carbonyl (C=O) groups excluding carboxylic acids is 4. The standard InChI is InChI=1S/C87H146O17P2/c1-5-9-13-17-21-25-29-33-36-38-40-42-45-49-52-56-60-64-68-72-85(90)98-78-83(104-87(92)74-70-66-62-58-54-50-46-43-41-39-37-34-30-26-22-18-14-10-6-2)80-102-106(95,96)100-76-81(88)75-99-105(93,94)101-79-82(103-86(91)73-69-65-61-57-53-47-32-28-24-20-16-12-8-4)77-97-84(89)71-67-63-59-55-51-48-44-35-31-27-23-19-15-11-7-3/h9,11,13,15,21-23,25-27,33-37,40-44,49,52,60,64,81-83,88H,5-8,10,12,14,16-20,24,28-32,38-39,45-48,50-51,53-59,61-63,65-80H2,1-4H3,(H,93,94)(H,95,96)/b13-9-,15-11-,25-21-,26-22-,27-23-,36-33-,37-34-,42-40-,43-41-,44-35-,52-49-,64-60-. The molecule has 19 heteroatoms. The molecule has 0 fully saturated rings. The topological polar surface area (TPSA) is 237 Å². The van der Waals surface area contributed by atoms with E-state index < -0.39 is 97.5 Å². The van der Waals surface area contributed by atoms with E-state index in [9.17, 15) is 43.2 Å². The lowest BCUT2D eigenvalue weighted by atomic mass is 10.0. The molecular weight excluding hydrogens is 1380 g/mol. The SMILES string of the molecule is CC/C=C\C/C=C\C/C=C\C/C=C\C/C=C\C/C=C\CCC(=O)OCC(COP(=O)(O)OCC(O)COP(=O)(O)OCC(COC(=O)CCCCCCC/C=C\C/C=C\C/C=C\CC)OC(=O)CCCCCCCCCCCCCCC)OC(=O)CCCCCCCC/C=C\C/C=C\C/C=C\CCCCC. The van der Waals surface area contributed by atoms with E-state index in [1.165, 1.54) is 70.6 Å². The van der Waals surface area contributed by atoms with Crippen molar-refractivity contribution in [1.82, 2.24) is 0 Å². The fourth-order valence-corrected chi connectivity index (χ4v) is 12.2. The van der Waals surface area contributed by atoms with Crippen LogP contribution in [0.25, 0.3) is 0 Å². The highest BCUT2D eigenvalue weighted by molar-refractivity contribution is 7.47. The van der Waals surface area contributed by atoms with Crippen molar-refractivity contribution in [2.75, 3.05) is 39.6 Å². The van der Waals surface area contributed by atoms with Crippen molar-refractivity contribution in [2.45, 2.75) is 341 Å². The lowest BCUT2D eigenvalue weighted by Gasteiger charge is -2.21. The molecule has 0 aromatic heterocycles. The quantitative estimate of drug-likeness (QED) is 0.0169. The van der Waals surface area contributed by atoms with Crippen LogP contribution in [-0.4, -0.2) is 96.7 Å². The third kappa shape index (κ3) is 77.1. The lowest BCUT2D eigenvalue weighted by Crippen LogP contribution is -2.30. The minimum atomic E-state index is -5.00. The molecule has 0 saturated carbocycles. The first-order valence-electron chi connectivity index (χ1n) is 41.1. The Morgan fingerprint density at radius 1 is 0.274 bits per heavy atom. The summed E-state index contributed by atoms with van der Waals surface area (Å²) in [5.74, 6) is -2.30. The third-order valence-corrected chi connectivity index (χ3v) is 18.7. The minimum absolute atomic E-state index is 0.0294. The van der Waals surface area contributed by atoms with Crippen LogP contribution < -0.4 is 0 Å². The second-order valence-corrected chi connectivity index (χ2v) is 29.9. The molecule has 5 unspecified atom stereocenters. The van der Waals surface area contributed by atoms with Gasteiger partial charge in [0, 0.05) is 25.7 Å². The number of allylic oxidation sites excluding steroid dienone is 24. The molecule has 0 aromatic carbocycles. The van der Waals surface area contributed by atoms with Crippen LogP contribution in [0.3, 0.4) is 0 Å². The van der Waals surface area contributed by atoms with E-state index >= 15 is 0 Å². The monoisotopic (exact) mass is 1530 g/mol. The summed E-state index contributed by atoms with van der Waals surface area (Å²) in [4.78, 5) is 73.1. The summed E-state index contributed by atoms with van der Waals surface area (Å²) in [7, 11) is -9.99. The second kappa shape index (κ2) is 78.1. The Balaban J connectivity index is 5.45. The first kappa shape index (κ1) is 101. The van der Waals surface area contributed by atoms with Crippen LogP contribution in [0.5, 0.6) is 0 Å². The van der Waals surface area contributed by atoms with Gasteiger partial charge in [0.2, 0.25) is 0 Å². The van der Waals surface area contributed by atoms with E-state index in [1.807, 2.05) is 18.2 Å². The Labute approximate surface area is 643 Å². The molecule has 0 bridgehead atoms. The molecule has 0 saturated heterocycles. The molecule has 0 aromatic rings. The zero-order valence-corrected chi connectivity index (χ0v) is 68.1. The van der Waals surface area contributed by atoms with Gasteiger partial charge >= 0.3 is 39.5 Å². The lowest BCUT2D eigenvalue weighted by molar-refractivity contribution is -0.161. The van der Waals surface area contributed by atoms with Gasteiger partial charge in [-0.3, -0.25) is 37.3 Å². The molecule has 0 aliphatic carbocycles. The van der Waals surface area contributed by atoms with Crippen LogP contribution in [0.1, 0.15) is 323 Å². The molecule has 3 N–H and O–H groups in total. The van der Waals surface area contributed by atoms with Gasteiger partial charge in [-0.25, -0.2) is 9.13 Å². The molecule has 5 atom stereocenters. The molecule has 0 spiro atoms. The maximum absolute atomic E-state index is 13.1. The Kier molecular flexibility index (Phi) is 74.3. The normalized spacial score (nSPS) is 14.6. The van der Waals surface area contributed by atoms with Gasteiger partial charge in [-0.15, -0.1) is 0 Å². The number of carbonyl (C=O) groups is 4. The summed E-state index contributed by atoms with van der Waals surface area (Å²) in [6, 6.07) is 0. The molecule has 0 amide bonds. The van der Waals surface area contributed by atoms with E-state index in [0.717, 1.165) is 167 Å². The summed E-state index contributed by atoms with van der Waals surface area (Å²) in [5.41, 5.74) is 0. The average molecular weight is 1530 g/mol. The van der Waals surface area contributed by atoms with Crippen LogP contribution in [0.4, 0.5) is 0 Å². The first-order valence-corrected chi connectivity index (χ1v) is 44.1. The van der Waals surface area contributed by atoms with Crippen LogP contribution in [-0.2, 0) is 65.4 Å². The van der Waals surface area contributed by atoms with Crippen molar-refractivity contribution in [3.8, 4) is 0 Å². The fourth-order valence-electron chi connectivity index (χ4n) is 10.6. The van der Waals surface area contributed by atoms with Crippen LogP contribution in [0.15, 0.2) is 146 Å². The van der Waals surface area contributed by atoms with Crippen LogP contribution in [0, 0.1) is 0 Å². The summed E-state index contributed by atoms with van der Waals surface area (Å²) in [5, 5.41) is 10.7. The third-order valence-electron chi connectivity index (χ3n) is 16.8. The van der Waals surface area contributed by atoms with Crippen molar-refractivity contribution in [2.24, 2.45) is 0 Å². The largest absolute Gasteiger partial charge is 0.472 e. The number of phosphoric acid groups is 2. The molecule has 0 aliphatic heterocycles.